The van der Waals surface area contributed by atoms with E-state index in [9.17, 15) is 9.90 Å². The minimum atomic E-state index is -0.743. The quantitative estimate of drug-likeness (QED) is 0.893. The molecule has 0 aromatic carbocycles. The maximum absolute atomic E-state index is 12.8. The highest BCUT2D eigenvalue weighted by molar-refractivity contribution is 7.99. The fourth-order valence-corrected chi connectivity index (χ4v) is 5.99. The summed E-state index contributed by atoms with van der Waals surface area (Å²) in [7, 11) is 0. The van der Waals surface area contributed by atoms with Crippen LogP contribution in [0.3, 0.4) is 0 Å². The van der Waals surface area contributed by atoms with E-state index in [1.54, 1.807) is 23.1 Å². The van der Waals surface area contributed by atoms with E-state index in [2.05, 4.69) is 5.32 Å². The smallest absolute Gasteiger partial charge is 0.254 e. The standard InChI is InChI=1S/C17H20N2O2S2/c20-15(18-10-17(21)6-9-22-11-17)14-12-4-3-5-13(12)23-16(14)19-7-1-2-8-19/h1-2,7-8,21H,3-6,9-11H2,(H,18,20). The molecule has 1 fully saturated rings. The van der Waals surface area contributed by atoms with Crippen molar-refractivity contribution in [2.75, 3.05) is 18.1 Å². The highest BCUT2D eigenvalue weighted by atomic mass is 32.2. The summed E-state index contributed by atoms with van der Waals surface area (Å²) in [5.41, 5.74) is 1.28. The molecular formula is C17H20N2O2S2. The van der Waals surface area contributed by atoms with Crippen molar-refractivity contribution in [2.45, 2.75) is 31.3 Å². The van der Waals surface area contributed by atoms with Gasteiger partial charge in [-0.3, -0.25) is 4.79 Å². The van der Waals surface area contributed by atoms with Crippen LogP contribution in [0, 0.1) is 0 Å². The number of rotatable bonds is 4. The van der Waals surface area contributed by atoms with Gasteiger partial charge in [0.25, 0.3) is 5.91 Å². The molecule has 2 aromatic rings. The van der Waals surface area contributed by atoms with E-state index in [-0.39, 0.29) is 5.91 Å². The molecule has 1 amide bonds. The van der Waals surface area contributed by atoms with Crippen molar-refractivity contribution in [3.8, 4) is 5.00 Å². The van der Waals surface area contributed by atoms with Gasteiger partial charge < -0.3 is 15.0 Å². The van der Waals surface area contributed by atoms with Gasteiger partial charge >= 0.3 is 0 Å². The van der Waals surface area contributed by atoms with Crippen molar-refractivity contribution in [1.82, 2.24) is 9.88 Å². The number of nitrogens with one attached hydrogen (secondary N) is 1. The summed E-state index contributed by atoms with van der Waals surface area (Å²) in [6.07, 6.45) is 7.91. The molecule has 122 valence electrons. The highest BCUT2D eigenvalue weighted by Crippen LogP contribution is 2.38. The number of hydrogen-bond donors (Lipinski definition) is 2. The van der Waals surface area contributed by atoms with Crippen molar-refractivity contribution in [1.29, 1.82) is 0 Å². The normalized spacial score (nSPS) is 23.2. The van der Waals surface area contributed by atoms with Crippen LogP contribution in [0.15, 0.2) is 24.5 Å². The van der Waals surface area contributed by atoms with Crippen LogP contribution >= 0.6 is 23.1 Å². The van der Waals surface area contributed by atoms with Crippen LogP contribution in [-0.4, -0.2) is 39.2 Å². The summed E-state index contributed by atoms with van der Waals surface area (Å²) in [6, 6.07) is 3.95. The molecule has 4 nitrogen and oxygen atoms in total. The second-order valence-electron chi connectivity index (χ2n) is 6.34. The summed E-state index contributed by atoms with van der Waals surface area (Å²) < 4.78 is 2.03. The number of hydrogen-bond acceptors (Lipinski definition) is 4. The highest BCUT2D eigenvalue weighted by Gasteiger charge is 2.33. The number of carbonyl (C=O) groups is 1. The first kappa shape index (κ1) is 15.3. The monoisotopic (exact) mass is 348 g/mol. The van der Waals surface area contributed by atoms with Crippen molar-refractivity contribution >= 4 is 29.0 Å². The van der Waals surface area contributed by atoms with Crippen LogP contribution in [0.5, 0.6) is 0 Å². The molecule has 1 atom stereocenters. The number of nitrogens with zero attached hydrogens (tertiary/aromatic N) is 1. The van der Waals surface area contributed by atoms with Crippen LogP contribution in [0.25, 0.3) is 5.00 Å². The lowest BCUT2D eigenvalue weighted by molar-refractivity contribution is 0.0612. The molecule has 23 heavy (non-hydrogen) atoms. The van der Waals surface area contributed by atoms with Crippen molar-refractivity contribution in [3.63, 3.8) is 0 Å². The molecule has 2 aliphatic rings. The number of carbonyl (C=O) groups excluding carboxylic acids is 1. The van der Waals surface area contributed by atoms with Gasteiger partial charge in [0.1, 0.15) is 5.00 Å². The third-order valence-corrected chi connectivity index (χ3v) is 7.17. The maximum atomic E-state index is 12.8. The third kappa shape index (κ3) is 2.84. The molecule has 0 spiro atoms. The lowest BCUT2D eigenvalue weighted by atomic mass is 10.0. The molecule has 1 saturated heterocycles. The van der Waals surface area contributed by atoms with Crippen LogP contribution in [0.1, 0.15) is 33.6 Å². The Morgan fingerprint density at radius 3 is 2.91 bits per heavy atom. The third-order valence-electron chi connectivity index (χ3n) is 4.63. The van der Waals surface area contributed by atoms with E-state index < -0.39 is 5.60 Å². The molecule has 0 radical (unpaired) electrons. The number of aliphatic hydroxyl groups is 1. The topological polar surface area (TPSA) is 54.3 Å². The average Bonchev–Trinajstić information content (AvgIpc) is 3.28. The van der Waals surface area contributed by atoms with Gasteiger partial charge in [0, 0.05) is 29.6 Å². The Bertz CT molecular complexity index is 715. The summed E-state index contributed by atoms with van der Waals surface area (Å²) >= 11 is 3.48. The first-order valence-corrected chi connectivity index (χ1v) is 10.00. The van der Waals surface area contributed by atoms with Gasteiger partial charge in [-0.25, -0.2) is 0 Å². The molecule has 0 bridgehead atoms. The van der Waals surface area contributed by atoms with E-state index in [4.69, 9.17) is 0 Å². The number of aryl methyl sites for hydroxylation is 1. The van der Waals surface area contributed by atoms with Crippen molar-refractivity contribution in [3.05, 3.63) is 40.5 Å². The number of thioether (sulfide) groups is 1. The molecule has 6 heteroatoms. The first-order chi connectivity index (χ1) is 11.2. The summed E-state index contributed by atoms with van der Waals surface area (Å²) in [6.45, 7) is 0.342. The first-order valence-electron chi connectivity index (χ1n) is 8.02. The minimum absolute atomic E-state index is 0.0431. The van der Waals surface area contributed by atoms with Crippen molar-refractivity contribution < 1.29 is 9.90 Å². The SMILES string of the molecule is O=C(NCC1(O)CCSC1)c1c(-n2cccc2)sc2c1CCC2. The molecule has 4 rings (SSSR count). The second-order valence-corrected chi connectivity index (χ2v) is 8.53. The molecule has 2 N–H and O–H groups in total. The Balaban J connectivity index is 1.61. The van der Waals surface area contributed by atoms with E-state index >= 15 is 0 Å². The zero-order chi connectivity index (χ0) is 15.9. The Morgan fingerprint density at radius 1 is 1.35 bits per heavy atom. The fourth-order valence-electron chi connectivity index (χ4n) is 3.34. The van der Waals surface area contributed by atoms with Gasteiger partial charge in [0.15, 0.2) is 0 Å². The van der Waals surface area contributed by atoms with Crippen LogP contribution < -0.4 is 5.32 Å². The second kappa shape index (κ2) is 6.00. The Labute approximate surface area is 143 Å². The summed E-state index contributed by atoms with van der Waals surface area (Å²) in [4.78, 5) is 14.2. The molecule has 3 heterocycles. The van der Waals surface area contributed by atoms with Gasteiger partial charge in [0.05, 0.1) is 11.2 Å². The fraction of sp³-hybridized carbons (Fsp3) is 0.471. The summed E-state index contributed by atoms with van der Waals surface area (Å²) in [5, 5.41) is 14.4. The Hall–Kier alpha value is -1.24. The van der Waals surface area contributed by atoms with Gasteiger partial charge in [-0.15, -0.1) is 11.3 Å². The number of thiophene rings is 1. The number of fused-ring (bicyclic) bond motifs is 1. The van der Waals surface area contributed by atoms with Crippen LogP contribution in [0.4, 0.5) is 0 Å². The van der Waals surface area contributed by atoms with Crippen LogP contribution in [-0.2, 0) is 12.8 Å². The van der Waals surface area contributed by atoms with Gasteiger partial charge in [-0.1, -0.05) is 0 Å². The molecule has 2 aromatic heterocycles. The van der Waals surface area contributed by atoms with E-state index in [0.717, 1.165) is 42.0 Å². The number of amides is 1. The Morgan fingerprint density at radius 2 is 2.17 bits per heavy atom. The Kier molecular flexibility index (Phi) is 3.99. The zero-order valence-corrected chi connectivity index (χ0v) is 14.5. The molecule has 1 aliphatic carbocycles. The lowest BCUT2D eigenvalue weighted by Gasteiger charge is -2.21. The predicted molar refractivity (Wildman–Crippen MR) is 94.9 cm³/mol. The molecular weight excluding hydrogens is 328 g/mol. The molecule has 1 aliphatic heterocycles. The predicted octanol–water partition coefficient (Wildman–Crippen LogP) is 2.63. The van der Waals surface area contributed by atoms with Gasteiger partial charge in [-0.05, 0) is 49.1 Å². The van der Waals surface area contributed by atoms with Crippen LogP contribution in [0.2, 0.25) is 0 Å². The van der Waals surface area contributed by atoms with E-state index in [0.29, 0.717) is 12.3 Å². The lowest BCUT2D eigenvalue weighted by Crippen LogP contribution is -2.43. The maximum Gasteiger partial charge on any atom is 0.254 e. The van der Waals surface area contributed by atoms with E-state index in [1.165, 1.54) is 10.4 Å². The largest absolute Gasteiger partial charge is 0.387 e. The van der Waals surface area contributed by atoms with E-state index in [1.807, 2.05) is 29.1 Å². The summed E-state index contributed by atoms with van der Waals surface area (Å²) in [5.74, 6) is 1.63. The van der Waals surface area contributed by atoms with Gasteiger partial charge in [0.2, 0.25) is 0 Å². The zero-order valence-electron chi connectivity index (χ0n) is 12.9. The number of aromatic nitrogens is 1. The molecule has 1 unspecified atom stereocenters. The minimum Gasteiger partial charge on any atom is -0.387 e. The van der Waals surface area contributed by atoms with Crippen molar-refractivity contribution in [2.24, 2.45) is 0 Å². The van der Waals surface area contributed by atoms with Gasteiger partial charge in [-0.2, -0.15) is 11.8 Å². The molecule has 0 saturated carbocycles. The average molecular weight is 348 g/mol.